The second-order valence-electron chi connectivity index (χ2n) is 6.16. The Labute approximate surface area is 163 Å². The number of para-hydroxylation sites is 2. The summed E-state index contributed by atoms with van der Waals surface area (Å²) in [6, 6.07) is 18.6. The lowest BCUT2D eigenvalue weighted by Crippen LogP contribution is -2.26. The summed E-state index contributed by atoms with van der Waals surface area (Å²) in [5.74, 6) is 0.683. The van der Waals surface area contributed by atoms with Gasteiger partial charge in [-0.25, -0.2) is 4.68 Å². The zero-order chi connectivity index (χ0) is 19.9. The van der Waals surface area contributed by atoms with Crippen molar-refractivity contribution in [3.05, 3.63) is 71.9 Å². The number of carbonyl (C=O) groups excluding carboxylic acids is 2. The second-order valence-corrected chi connectivity index (χ2v) is 6.16. The fraction of sp³-hybridized carbons (Fsp3) is 0.190. The van der Waals surface area contributed by atoms with E-state index in [2.05, 4.69) is 15.7 Å². The summed E-state index contributed by atoms with van der Waals surface area (Å²) in [5.41, 5.74) is 1.99. The smallest absolute Gasteiger partial charge is 0.271 e. The van der Waals surface area contributed by atoms with E-state index in [-0.39, 0.29) is 17.5 Å². The number of carbonyl (C=O) groups is 2. The maximum absolute atomic E-state index is 12.5. The minimum Gasteiger partial charge on any atom is -0.496 e. The molecule has 0 unspecified atom stereocenters. The molecule has 2 amide bonds. The summed E-state index contributed by atoms with van der Waals surface area (Å²) in [7, 11) is 1.62. The Morgan fingerprint density at radius 3 is 2.50 bits per heavy atom. The van der Waals surface area contributed by atoms with Gasteiger partial charge in [0.25, 0.3) is 5.91 Å². The van der Waals surface area contributed by atoms with Gasteiger partial charge in [0.1, 0.15) is 11.6 Å². The molecule has 0 spiro atoms. The molecule has 0 saturated heterocycles. The zero-order valence-corrected chi connectivity index (χ0v) is 15.8. The number of rotatable bonds is 7. The van der Waals surface area contributed by atoms with Crippen LogP contribution in [0, 0.1) is 0 Å². The molecule has 3 rings (SSSR count). The van der Waals surface area contributed by atoms with Crippen molar-refractivity contribution in [1.82, 2.24) is 15.1 Å². The topological polar surface area (TPSA) is 85.3 Å². The van der Waals surface area contributed by atoms with Crippen molar-refractivity contribution in [3.8, 4) is 11.4 Å². The van der Waals surface area contributed by atoms with Crippen LogP contribution in [-0.2, 0) is 11.2 Å². The standard InChI is InChI=1S/C21H22N4O3/c1-15(26)23-20-14-18(24-25(20)17-9-4-3-5-10-17)21(27)22-13-12-16-8-6-7-11-19(16)28-2/h3-11,14H,12-13H2,1-2H3,(H,22,27)(H,23,26). The van der Waals surface area contributed by atoms with Crippen LogP contribution in [0.3, 0.4) is 0 Å². The Morgan fingerprint density at radius 2 is 1.79 bits per heavy atom. The summed E-state index contributed by atoms with van der Waals surface area (Å²) in [6.45, 7) is 1.85. The van der Waals surface area contributed by atoms with Gasteiger partial charge in [-0.1, -0.05) is 36.4 Å². The molecule has 0 bridgehead atoms. The first-order chi connectivity index (χ1) is 13.6. The zero-order valence-electron chi connectivity index (χ0n) is 15.8. The van der Waals surface area contributed by atoms with E-state index in [1.165, 1.54) is 11.6 Å². The number of anilines is 1. The van der Waals surface area contributed by atoms with Crippen molar-refractivity contribution in [3.63, 3.8) is 0 Å². The first-order valence-electron chi connectivity index (χ1n) is 8.91. The molecule has 0 aliphatic carbocycles. The van der Waals surface area contributed by atoms with Gasteiger partial charge in [-0.2, -0.15) is 5.10 Å². The van der Waals surface area contributed by atoms with E-state index in [0.29, 0.717) is 18.8 Å². The Balaban J connectivity index is 1.73. The number of ether oxygens (including phenoxy) is 1. The van der Waals surface area contributed by atoms with Gasteiger partial charge in [0.05, 0.1) is 12.8 Å². The van der Waals surface area contributed by atoms with Gasteiger partial charge in [-0.15, -0.1) is 0 Å². The van der Waals surface area contributed by atoms with Crippen LogP contribution in [0.2, 0.25) is 0 Å². The maximum atomic E-state index is 12.5. The highest BCUT2D eigenvalue weighted by Gasteiger charge is 2.16. The van der Waals surface area contributed by atoms with E-state index in [0.717, 1.165) is 17.0 Å². The number of nitrogens with one attached hydrogen (secondary N) is 2. The predicted molar refractivity (Wildman–Crippen MR) is 107 cm³/mol. The molecule has 3 aromatic rings. The third-order valence-electron chi connectivity index (χ3n) is 4.12. The minimum atomic E-state index is -0.309. The summed E-state index contributed by atoms with van der Waals surface area (Å²) in [6.07, 6.45) is 0.633. The molecule has 0 fully saturated rings. The van der Waals surface area contributed by atoms with Gasteiger partial charge in [0, 0.05) is 19.5 Å². The molecule has 2 N–H and O–H groups in total. The van der Waals surface area contributed by atoms with Gasteiger partial charge < -0.3 is 15.4 Å². The van der Waals surface area contributed by atoms with Crippen LogP contribution < -0.4 is 15.4 Å². The highest BCUT2D eigenvalue weighted by Crippen LogP contribution is 2.18. The van der Waals surface area contributed by atoms with Gasteiger partial charge in [-0.05, 0) is 30.2 Å². The number of benzene rings is 2. The summed E-state index contributed by atoms with van der Waals surface area (Å²) in [4.78, 5) is 24.0. The van der Waals surface area contributed by atoms with Crippen molar-refractivity contribution >= 4 is 17.6 Å². The Morgan fingerprint density at radius 1 is 1.07 bits per heavy atom. The molecule has 0 aliphatic heterocycles. The van der Waals surface area contributed by atoms with Crippen LogP contribution in [0.4, 0.5) is 5.82 Å². The molecule has 0 saturated carbocycles. The Kier molecular flexibility index (Phi) is 6.06. The first-order valence-corrected chi connectivity index (χ1v) is 8.91. The molecule has 0 radical (unpaired) electrons. The lowest BCUT2D eigenvalue weighted by molar-refractivity contribution is -0.114. The van der Waals surface area contributed by atoms with Crippen molar-refractivity contribution in [1.29, 1.82) is 0 Å². The molecular weight excluding hydrogens is 356 g/mol. The monoisotopic (exact) mass is 378 g/mol. The predicted octanol–water partition coefficient (Wildman–Crippen LogP) is 2.81. The average molecular weight is 378 g/mol. The third kappa shape index (κ3) is 4.56. The molecule has 1 aromatic heterocycles. The van der Waals surface area contributed by atoms with E-state index in [4.69, 9.17) is 4.74 Å². The van der Waals surface area contributed by atoms with E-state index < -0.39 is 0 Å². The highest BCUT2D eigenvalue weighted by molar-refractivity contribution is 5.95. The normalized spacial score (nSPS) is 10.4. The third-order valence-corrected chi connectivity index (χ3v) is 4.12. The quantitative estimate of drug-likeness (QED) is 0.662. The van der Waals surface area contributed by atoms with Crippen LogP contribution in [0.25, 0.3) is 5.69 Å². The van der Waals surface area contributed by atoms with E-state index >= 15 is 0 Å². The average Bonchev–Trinajstić information content (AvgIpc) is 3.12. The number of methoxy groups -OCH3 is 1. The number of amides is 2. The summed E-state index contributed by atoms with van der Waals surface area (Å²) >= 11 is 0. The molecule has 0 atom stereocenters. The van der Waals surface area contributed by atoms with Gasteiger partial charge in [0.15, 0.2) is 5.69 Å². The fourth-order valence-corrected chi connectivity index (χ4v) is 2.84. The molecule has 28 heavy (non-hydrogen) atoms. The lowest BCUT2D eigenvalue weighted by atomic mass is 10.1. The van der Waals surface area contributed by atoms with Crippen LogP contribution in [0.5, 0.6) is 5.75 Å². The van der Waals surface area contributed by atoms with Crippen molar-refractivity contribution in [2.45, 2.75) is 13.3 Å². The number of aromatic nitrogens is 2. The summed E-state index contributed by atoms with van der Waals surface area (Å²) < 4.78 is 6.86. The Hall–Kier alpha value is -3.61. The molecule has 1 heterocycles. The molecule has 2 aromatic carbocycles. The van der Waals surface area contributed by atoms with Crippen LogP contribution in [-0.4, -0.2) is 35.2 Å². The number of nitrogens with zero attached hydrogens (tertiary/aromatic N) is 2. The molecule has 7 heteroatoms. The van der Waals surface area contributed by atoms with Crippen molar-refractivity contribution in [2.75, 3.05) is 19.0 Å². The molecule has 7 nitrogen and oxygen atoms in total. The highest BCUT2D eigenvalue weighted by atomic mass is 16.5. The molecular formula is C21H22N4O3. The minimum absolute atomic E-state index is 0.229. The van der Waals surface area contributed by atoms with Crippen molar-refractivity contribution in [2.24, 2.45) is 0 Å². The van der Waals surface area contributed by atoms with Gasteiger partial charge >= 0.3 is 0 Å². The van der Waals surface area contributed by atoms with E-state index in [1.54, 1.807) is 13.2 Å². The fourth-order valence-electron chi connectivity index (χ4n) is 2.84. The lowest BCUT2D eigenvalue weighted by Gasteiger charge is -2.08. The maximum Gasteiger partial charge on any atom is 0.271 e. The van der Waals surface area contributed by atoms with Gasteiger partial charge in [0.2, 0.25) is 5.91 Å². The van der Waals surface area contributed by atoms with Crippen LogP contribution >= 0.6 is 0 Å². The second kappa shape index (κ2) is 8.85. The van der Waals surface area contributed by atoms with Crippen LogP contribution in [0.15, 0.2) is 60.7 Å². The largest absolute Gasteiger partial charge is 0.496 e. The van der Waals surface area contributed by atoms with Gasteiger partial charge in [-0.3, -0.25) is 9.59 Å². The van der Waals surface area contributed by atoms with E-state index in [1.807, 2.05) is 54.6 Å². The Bertz CT molecular complexity index is 967. The number of hydrogen-bond donors (Lipinski definition) is 2. The SMILES string of the molecule is COc1ccccc1CCNC(=O)c1cc(NC(C)=O)n(-c2ccccc2)n1. The summed E-state index contributed by atoms with van der Waals surface area (Å²) in [5, 5.41) is 9.93. The van der Waals surface area contributed by atoms with Crippen molar-refractivity contribution < 1.29 is 14.3 Å². The molecule has 0 aliphatic rings. The molecule has 144 valence electrons. The van der Waals surface area contributed by atoms with E-state index in [9.17, 15) is 9.59 Å². The first kappa shape index (κ1) is 19.2. The van der Waals surface area contributed by atoms with Crippen LogP contribution in [0.1, 0.15) is 23.0 Å². The number of hydrogen-bond acceptors (Lipinski definition) is 4.